The molecule has 1 aromatic carbocycles. The molecule has 1 saturated heterocycles. The van der Waals surface area contributed by atoms with Gasteiger partial charge in [-0.15, -0.1) is 0 Å². The minimum Gasteiger partial charge on any atom is -0.497 e. The van der Waals surface area contributed by atoms with Crippen molar-refractivity contribution in [2.24, 2.45) is 0 Å². The third kappa shape index (κ3) is 3.06. The fourth-order valence-electron chi connectivity index (χ4n) is 2.74. The number of oxazole rings is 1. The van der Waals surface area contributed by atoms with Crippen LogP contribution in [-0.2, 0) is 0 Å². The Kier molecular flexibility index (Phi) is 4.43. The first-order valence-electron chi connectivity index (χ1n) is 7.83. The van der Waals surface area contributed by atoms with Crippen LogP contribution in [0.25, 0.3) is 5.57 Å². The highest BCUT2D eigenvalue weighted by atomic mass is 16.5. The topological polar surface area (TPSA) is 65.5 Å². The summed E-state index contributed by atoms with van der Waals surface area (Å²) in [7, 11) is 1.66. The zero-order valence-electron chi connectivity index (χ0n) is 14.0. The Morgan fingerprint density at radius 3 is 2.38 bits per heavy atom. The van der Waals surface area contributed by atoms with Gasteiger partial charge < -0.3 is 19.0 Å². The number of ether oxygens (including phenoxy) is 1. The summed E-state index contributed by atoms with van der Waals surface area (Å²) in [5.41, 5.74) is 2.21. The molecule has 1 aliphatic rings. The molecule has 0 atom stereocenters. The van der Waals surface area contributed by atoms with Crippen molar-refractivity contribution in [3.63, 3.8) is 0 Å². The first kappa shape index (κ1) is 15.9. The van der Waals surface area contributed by atoms with Gasteiger partial charge in [0.2, 0.25) is 17.5 Å². The summed E-state index contributed by atoms with van der Waals surface area (Å²) in [6.45, 7) is 8.87. The number of hydrogen-bond donors (Lipinski definition) is 0. The molecule has 0 bridgehead atoms. The van der Waals surface area contributed by atoms with E-state index in [1.54, 1.807) is 7.11 Å². The SMILES string of the molecule is C=C(C)c1nc(C#N)c(N2CCN(c3ccc(OC)cc3)CC2)o1. The maximum absolute atomic E-state index is 9.27. The quantitative estimate of drug-likeness (QED) is 0.861. The Labute approximate surface area is 141 Å². The van der Waals surface area contributed by atoms with Crippen molar-refractivity contribution in [3.8, 4) is 11.8 Å². The molecule has 1 aliphatic heterocycles. The van der Waals surface area contributed by atoms with E-state index < -0.39 is 0 Å². The van der Waals surface area contributed by atoms with E-state index in [4.69, 9.17) is 9.15 Å². The highest BCUT2D eigenvalue weighted by molar-refractivity contribution is 5.59. The van der Waals surface area contributed by atoms with E-state index in [1.807, 2.05) is 19.1 Å². The number of rotatable bonds is 4. The van der Waals surface area contributed by atoms with Gasteiger partial charge >= 0.3 is 0 Å². The van der Waals surface area contributed by atoms with E-state index in [0.29, 0.717) is 17.5 Å². The van der Waals surface area contributed by atoms with E-state index in [0.717, 1.165) is 43.2 Å². The molecule has 1 aromatic heterocycles. The lowest BCUT2D eigenvalue weighted by atomic mass is 10.2. The lowest BCUT2D eigenvalue weighted by molar-refractivity contribution is 0.415. The average molecular weight is 324 g/mol. The molecular formula is C18H20N4O2. The fourth-order valence-corrected chi connectivity index (χ4v) is 2.74. The van der Waals surface area contributed by atoms with Crippen molar-refractivity contribution >= 4 is 17.1 Å². The normalized spacial score (nSPS) is 14.4. The number of piperazine rings is 1. The van der Waals surface area contributed by atoms with Crippen LogP contribution in [0, 0.1) is 11.3 Å². The molecule has 2 heterocycles. The predicted octanol–water partition coefficient (Wildman–Crippen LogP) is 2.91. The van der Waals surface area contributed by atoms with Crippen LogP contribution in [0.5, 0.6) is 5.75 Å². The summed E-state index contributed by atoms with van der Waals surface area (Å²) in [6.07, 6.45) is 0. The largest absolute Gasteiger partial charge is 0.497 e. The van der Waals surface area contributed by atoms with Gasteiger partial charge in [0.25, 0.3) is 0 Å². The van der Waals surface area contributed by atoms with Crippen molar-refractivity contribution in [1.82, 2.24) is 4.98 Å². The molecule has 1 fully saturated rings. The maximum atomic E-state index is 9.27. The van der Waals surface area contributed by atoms with Crippen LogP contribution in [0.4, 0.5) is 11.6 Å². The number of aromatic nitrogens is 1. The number of methoxy groups -OCH3 is 1. The summed E-state index contributed by atoms with van der Waals surface area (Å²) >= 11 is 0. The van der Waals surface area contributed by atoms with Gasteiger partial charge in [-0.05, 0) is 31.2 Å². The van der Waals surface area contributed by atoms with Gasteiger partial charge in [-0.3, -0.25) is 0 Å². The second-order valence-corrected chi connectivity index (χ2v) is 5.74. The van der Waals surface area contributed by atoms with E-state index in [1.165, 1.54) is 0 Å². The Morgan fingerprint density at radius 2 is 1.83 bits per heavy atom. The minimum absolute atomic E-state index is 0.325. The Morgan fingerprint density at radius 1 is 1.21 bits per heavy atom. The van der Waals surface area contributed by atoms with Gasteiger partial charge in [0.05, 0.1) is 7.11 Å². The second kappa shape index (κ2) is 6.67. The van der Waals surface area contributed by atoms with E-state index in [-0.39, 0.29) is 0 Å². The van der Waals surface area contributed by atoms with Crippen LogP contribution in [0.2, 0.25) is 0 Å². The van der Waals surface area contributed by atoms with Crippen LogP contribution in [0.15, 0.2) is 35.3 Å². The fraction of sp³-hybridized carbons (Fsp3) is 0.333. The molecule has 24 heavy (non-hydrogen) atoms. The molecule has 0 N–H and O–H groups in total. The molecule has 0 saturated carbocycles. The average Bonchev–Trinajstić information content (AvgIpc) is 3.07. The van der Waals surface area contributed by atoms with Crippen molar-refractivity contribution in [3.05, 3.63) is 42.4 Å². The van der Waals surface area contributed by atoms with Crippen molar-refractivity contribution in [2.45, 2.75) is 6.92 Å². The number of hydrogen-bond acceptors (Lipinski definition) is 6. The van der Waals surface area contributed by atoms with Gasteiger partial charge in [0.1, 0.15) is 11.8 Å². The Balaban J connectivity index is 1.70. The number of anilines is 2. The maximum Gasteiger partial charge on any atom is 0.235 e. The summed E-state index contributed by atoms with van der Waals surface area (Å²) in [5, 5.41) is 9.27. The first-order chi connectivity index (χ1) is 11.6. The molecule has 0 aliphatic carbocycles. The predicted molar refractivity (Wildman–Crippen MR) is 93.3 cm³/mol. The Hall–Kier alpha value is -2.94. The first-order valence-corrected chi connectivity index (χ1v) is 7.83. The zero-order valence-corrected chi connectivity index (χ0v) is 14.0. The van der Waals surface area contributed by atoms with Crippen LogP contribution in [0.3, 0.4) is 0 Å². The molecule has 0 radical (unpaired) electrons. The van der Waals surface area contributed by atoms with E-state index in [2.05, 4.69) is 39.6 Å². The number of nitrogens with zero attached hydrogens (tertiary/aromatic N) is 4. The summed E-state index contributed by atoms with van der Waals surface area (Å²) in [5.74, 6) is 1.83. The number of nitriles is 1. The molecule has 6 heteroatoms. The summed E-state index contributed by atoms with van der Waals surface area (Å²) in [6, 6.07) is 10.2. The highest BCUT2D eigenvalue weighted by Gasteiger charge is 2.24. The molecular weight excluding hydrogens is 304 g/mol. The molecule has 6 nitrogen and oxygen atoms in total. The van der Waals surface area contributed by atoms with Crippen LogP contribution in [-0.4, -0.2) is 38.3 Å². The summed E-state index contributed by atoms with van der Waals surface area (Å²) < 4.78 is 10.9. The summed E-state index contributed by atoms with van der Waals surface area (Å²) in [4.78, 5) is 8.57. The van der Waals surface area contributed by atoms with Crippen LogP contribution >= 0.6 is 0 Å². The van der Waals surface area contributed by atoms with Gasteiger partial charge in [-0.2, -0.15) is 10.2 Å². The van der Waals surface area contributed by atoms with Crippen molar-refractivity contribution in [2.75, 3.05) is 43.1 Å². The van der Waals surface area contributed by atoms with Gasteiger partial charge in [0.15, 0.2) is 0 Å². The van der Waals surface area contributed by atoms with E-state index >= 15 is 0 Å². The molecule has 0 amide bonds. The number of allylic oxidation sites excluding steroid dienone is 1. The lowest BCUT2D eigenvalue weighted by Crippen LogP contribution is -2.46. The molecule has 0 unspecified atom stereocenters. The molecule has 3 rings (SSSR count). The van der Waals surface area contributed by atoms with Gasteiger partial charge in [-0.1, -0.05) is 6.58 Å². The smallest absolute Gasteiger partial charge is 0.235 e. The standard InChI is InChI=1S/C18H20N4O2/c1-13(2)17-20-16(12-19)18(24-17)22-10-8-21(9-11-22)14-4-6-15(23-3)7-5-14/h4-7H,1,8-11H2,2-3H3. The molecule has 0 spiro atoms. The monoisotopic (exact) mass is 324 g/mol. The number of benzene rings is 1. The van der Waals surface area contributed by atoms with Gasteiger partial charge in [-0.25, -0.2) is 0 Å². The molecule has 124 valence electrons. The van der Waals surface area contributed by atoms with Crippen molar-refractivity contribution < 1.29 is 9.15 Å². The third-order valence-electron chi connectivity index (χ3n) is 4.08. The van der Waals surface area contributed by atoms with Crippen LogP contribution < -0.4 is 14.5 Å². The second-order valence-electron chi connectivity index (χ2n) is 5.74. The van der Waals surface area contributed by atoms with Gasteiger partial charge in [0, 0.05) is 37.4 Å². The third-order valence-corrected chi connectivity index (χ3v) is 4.08. The lowest BCUT2D eigenvalue weighted by Gasteiger charge is -2.35. The minimum atomic E-state index is 0.325. The molecule has 2 aromatic rings. The van der Waals surface area contributed by atoms with Crippen LogP contribution in [0.1, 0.15) is 18.5 Å². The zero-order chi connectivity index (χ0) is 17.1. The van der Waals surface area contributed by atoms with E-state index in [9.17, 15) is 5.26 Å². The van der Waals surface area contributed by atoms with Crippen molar-refractivity contribution in [1.29, 1.82) is 5.26 Å². The highest BCUT2D eigenvalue weighted by Crippen LogP contribution is 2.27. The Bertz CT molecular complexity index is 765.